The summed E-state index contributed by atoms with van der Waals surface area (Å²) in [4.78, 5) is 26.2. The van der Waals surface area contributed by atoms with Crippen molar-refractivity contribution in [2.75, 3.05) is 11.9 Å². The van der Waals surface area contributed by atoms with Gasteiger partial charge in [-0.3, -0.25) is 9.59 Å². The fourth-order valence-electron chi connectivity index (χ4n) is 2.32. The molecule has 0 fully saturated rings. The van der Waals surface area contributed by atoms with Gasteiger partial charge < -0.3 is 14.7 Å². The average molecular weight is 323 g/mol. The number of nitrogens with one attached hydrogen (secondary N) is 1. The number of carbonyl (C=O) groups is 2. The van der Waals surface area contributed by atoms with Crippen molar-refractivity contribution in [1.82, 2.24) is 10.1 Å². The van der Waals surface area contributed by atoms with Crippen LogP contribution in [0.25, 0.3) is 0 Å². The van der Waals surface area contributed by atoms with Gasteiger partial charge in [0.25, 0.3) is 0 Å². The maximum Gasteiger partial charge on any atom is 0.245 e. The lowest BCUT2D eigenvalue weighted by atomic mass is 10.1. The van der Waals surface area contributed by atoms with Gasteiger partial charge in [-0.2, -0.15) is 0 Å². The summed E-state index contributed by atoms with van der Waals surface area (Å²) in [5, 5.41) is 6.40. The Morgan fingerprint density at radius 2 is 2.04 bits per heavy atom. The van der Waals surface area contributed by atoms with Crippen molar-refractivity contribution in [3.8, 4) is 0 Å². The Morgan fingerprint density at radius 3 is 2.61 bits per heavy atom. The summed E-state index contributed by atoms with van der Waals surface area (Å²) in [6.07, 6.45) is 5.54. The van der Waals surface area contributed by atoms with E-state index >= 15 is 0 Å². The summed E-state index contributed by atoms with van der Waals surface area (Å²) >= 11 is 0. The third-order valence-corrected chi connectivity index (χ3v) is 3.90. The van der Waals surface area contributed by atoms with E-state index in [1.807, 2.05) is 13.8 Å². The fourth-order valence-corrected chi connectivity index (χ4v) is 2.32. The minimum atomic E-state index is -0.250. The van der Waals surface area contributed by atoms with Gasteiger partial charge in [-0.05, 0) is 26.7 Å². The van der Waals surface area contributed by atoms with Crippen molar-refractivity contribution in [2.24, 2.45) is 0 Å². The lowest BCUT2D eigenvalue weighted by Crippen LogP contribution is -2.43. The fraction of sp³-hybridized carbons (Fsp3) is 0.706. The first-order valence-corrected chi connectivity index (χ1v) is 8.50. The predicted molar refractivity (Wildman–Crippen MR) is 90.1 cm³/mol. The van der Waals surface area contributed by atoms with Crippen molar-refractivity contribution in [3.63, 3.8) is 0 Å². The van der Waals surface area contributed by atoms with Crippen LogP contribution < -0.4 is 5.32 Å². The number of amides is 2. The van der Waals surface area contributed by atoms with Gasteiger partial charge in [0.15, 0.2) is 5.82 Å². The van der Waals surface area contributed by atoms with Crippen LogP contribution in [0.15, 0.2) is 10.6 Å². The van der Waals surface area contributed by atoms with Crippen LogP contribution in [0.4, 0.5) is 5.82 Å². The summed E-state index contributed by atoms with van der Waals surface area (Å²) in [6.45, 7) is 7.93. The smallest absolute Gasteiger partial charge is 0.245 e. The molecule has 2 amide bonds. The average Bonchev–Trinajstić information content (AvgIpc) is 2.93. The molecule has 1 rings (SSSR count). The normalized spacial score (nSPS) is 12.0. The second-order valence-electron chi connectivity index (χ2n) is 5.96. The molecule has 1 aromatic heterocycles. The molecule has 0 radical (unpaired) electrons. The van der Waals surface area contributed by atoms with Crippen molar-refractivity contribution in [2.45, 2.75) is 72.3 Å². The molecule has 130 valence electrons. The molecule has 0 bridgehead atoms. The number of unbranched alkanes of at least 4 members (excludes halogenated alkanes) is 3. The second-order valence-corrected chi connectivity index (χ2v) is 5.96. The molecule has 6 nitrogen and oxygen atoms in total. The number of nitrogens with zero attached hydrogens (tertiary/aromatic N) is 2. The van der Waals surface area contributed by atoms with Gasteiger partial charge in [-0.25, -0.2) is 0 Å². The highest BCUT2D eigenvalue weighted by molar-refractivity contribution is 5.93. The summed E-state index contributed by atoms with van der Waals surface area (Å²) in [6, 6.07) is 1.69. The van der Waals surface area contributed by atoms with E-state index in [9.17, 15) is 9.59 Å². The van der Waals surface area contributed by atoms with E-state index in [1.165, 1.54) is 0 Å². The molecule has 0 aliphatic carbocycles. The summed E-state index contributed by atoms with van der Waals surface area (Å²) in [7, 11) is 0. The van der Waals surface area contributed by atoms with Crippen LogP contribution in [0.2, 0.25) is 0 Å². The molecule has 0 aliphatic rings. The molecule has 1 heterocycles. The maximum atomic E-state index is 12.4. The highest BCUT2D eigenvalue weighted by Crippen LogP contribution is 2.11. The number of rotatable bonds is 10. The van der Waals surface area contributed by atoms with Crippen LogP contribution >= 0.6 is 0 Å². The first-order chi connectivity index (χ1) is 11.0. The minimum absolute atomic E-state index is 0.0403. The van der Waals surface area contributed by atoms with Crippen LogP contribution in [0.5, 0.6) is 0 Å². The van der Waals surface area contributed by atoms with E-state index in [-0.39, 0.29) is 24.4 Å². The summed E-state index contributed by atoms with van der Waals surface area (Å²) in [5.74, 6) is 0.806. The number of aromatic nitrogens is 1. The molecule has 0 spiro atoms. The molecule has 1 atom stereocenters. The lowest BCUT2D eigenvalue weighted by Gasteiger charge is -2.28. The van der Waals surface area contributed by atoms with E-state index in [1.54, 1.807) is 17.9 Å². The number of anilines is 1. The molecular weight excluding hydrogens is 294 g/mol. The van der Waals surface area contributed by atoms with Gasteiger partial charge in [-0.15, -0.1) is 0 Å². The lowest BCUT2D eigenvalue weighted by molar-refractivity contribution is -0.136. The largest absolute Gasteiger partial charge is 0.360 e. The molecular formula is C17H29N3O3. The van der Waals surface area contributed by atoms with Gasteiger partial charge >= 0.3 is 0 Å². The molecule has 6 heteroatoms. The van der Waals surface area contributed by atoms with Crippen LogP contribution in [0.3, 0.4) is 0 Å². The molecule has 0 aromatic carbocycles. The number of hydrogen-bond donors (Lipinski definition) is 1. The van der Waals surface area contributed by atoms with E-state index in [4.69, 9.17) is 4.52 Å². The van der Waals surface area contributed by atoms with Crippen molar-refractivity contribution in [3.05, 3.63) is 11.8 Å². The first-order valence-electron chi connectivity index (χ1n) is 8.50. The van der Waals surface area contributed by atoms with Gasteiger partial charge in [0, 0.05) is 18.5 Å². The molecule has 1 N–H and O–H groups in total. The minimum Gasteiger partial charge on any atom is -0.360 e. The first kappa shape index (κ1) is 19.2. The number of carbonyl (C=O) groups excluding carboxylic acids is 2. The van der Waals surface area contributed by atoms with Gasteiger partial charge in [-0.1, -0.05) is 38.3 Å². The van der Waals surface area contributed by atoms with Crippen LogP contribution in [-0.2, 0) is 9.59 Å². The summed E-state index contributed by atoms with van der Waals surface area (Å²) < 4.78 is 4.92. The Hall–Kier alpha value is -1.85. The van der Waals surface area contributed by atoms with E-state index in [2.05, 4.69) is 17.4 Å². The molecule has 0 saturated carbocycles. The zero-order chi connectivity index (χ0) is 17.2. The molecule has 1 aromatic rings. The second kappa shape index (κ2) is 10.0. The Kier molecular flexibility index (Phi) is 8.37. The molecule has 0 aliphatic heterocycles. The molecule has 23 heavy (non-hydrogen) atoms. The van der Waals surface area contributed by atoms with Crippen molar-refractivity contribution < 1.29 is 14.1 Å². The van der Waals surface area contributed by atoms with E-state index in [0.29, 0.717) is 18.0 Å². The zero-order valence-corrected chi connectivity index (χ0v) is 14.7. The van der Waals surface area contributed by atoms with Crippen LogP contribution in [0.1, 0.15) is 65.1 Å². The highest BCUT2D eigenvalue weighted by Gasteiger charge is 2.21. The van der Waals surface area contributed by atoms with E-state index < -0.39 is 0 Å². The van der Waals surface area contributed by atoms with Gasteiger partial charge in [0.1, 0.15) is 12.3 Å². The predicted octanol–water partition coefficient (Wildman–Crippen LogP) is 3.52. The Balaban J connectivity index is 2.55. The SMILES string of the molecule is CCCCCCC(=O)N(CC(=O)Nc1cc(C)on1)C(C)CC. The summed E-state index contributed by atoms with van der Waals surface area (Å²) in [5.41, 5.74) is 0. The number of hydrogen-bond acceptors (Lipinski definition) is 4. The van der Waals surface area contributed by atoms with E-state index in [0.717, 1.165) is 32.1 Å². The monoisotopic (exact) mass is 323 g/mol. The maximum absolute atomic E-state index is 12.4. The Labute approximate surface area is 138 Å². The third-order valence-electron chi connectivity index (χ3n) is 3.90. The number of aryl methyl sites for hydroxylation is 1. The zero-order valence-electron chi connectivity index (χ0n) is 14.7. The Morgan fingerprint density at radius 1 is 1.30 bits per heavy atom. The highest BCUT2D eigenvalue weighted by atomic mass is 16.5. The van der Waals surface area contributed by atoms with Gasteiger partial charge in [0.2, 0.25) is 11.8 Å². The Bertz CT molecular complexity index is 499. The van der Waals surface area contributed by atoms with Crippen LogP contribution in [0, 0.1) is 6.92 Å². The topological polar surface area (TPSA) is 75.4 Å². The van der Waals surface area contributed by atoms with Crippen molar-refractivity contribution >= 4 is 17.6 Å². The van der Waals surface area contributed by atoms with Crippen molar-refractivity contribution in [1.29, 1.82) is 0 Å². The molecule has 0 saturated heterocycles. The van der Waals surface area contributed by atoms with Gasteiger partial charge in [0.05, 0.1) is 0 Å². The van der Waals surface area contributed by atoms with Crippen LogP contribution in [-0.4, -0.2) is 34.5 Å². The molecule has 1 unspecified atom stereocenters. The quantitative estimate of drug-likeness (QED) is 0.668. The third kappa shape index (κ3) is 6.84. The standard InChI is InChI=1S/C17H29N3O3/c1-5-7-8-9-10-17(22)20(13(3)6-2)12-16(21)18-15-11-14(4)23-19-15/h11,13H,5-10,12H2,1-4H3,(H,18,19,21).